The van der Waals surface area contributed by atoms with Gasteiger partial charge >= 0.3 is 0 Å². The molecule has 0 aromatic carbocycles. The first kappa shape index (κ1) is 15.3. The van der Waals surface area contributed by atoms with Crippen LogP contribution in [-0.4, -0.2) is 24.6 Å². The molecule has 0 amide bonds. The SMILES string of the molecule is CC(C)(C)C1CCCN(c2ncccc2CCN)CC1. The van der Waals surface area contributed by atoms with E-state index >= 15 is 0 Å². The highest BCUT2D eigenvalue weighted by Crippen LogP contribution is 2.35. The van der Waals surface area contributed by atoms with Crippen molar-refractivity contribution >= 4 is 5.82 Å². The molecule has 1 aliphatic rings. The molecular formula is C17H29N3. The number of nitrogens with zero attached hydrogens (tertiary/aromatic N) is 2. The van der Waals surface area contributed by atoms with Crippen molar-refractivity contribution in [3.05, 3.63) is 23.9 Å². The summed E-state index contributed by atoms with van der Waals surface area (Å²) < 4.78 is 0. The fourth-order valence-electron chi connectivity index (χ4n) is 3.24. The number of aromatic nitrogens is 1. The van der Waals surface area contributed by atoms with E-state index in [0.717, 1.165) is 31.2 Å². The zero-order valence-corrected chi connectivity index (χ0v) is 13.2. The van der Waals surface area contributed by atoms with Crippen molar-refractivity contribution in [2.45, 2.75) is 46.5 Å². The van der Waals surface area contributed by atoms with Gasteiger partial charge in [-0.1, -0.05) is 26.8 Å². The van der Waals surface area contributed by atoms with E-state index in [4.69, 9.17) is 5.73 Å². The van der Waals surface area contributed by atoms with Crippen LogP contribution in [0.25, 0.3) is 0 Å². The predicted molar refractivity (Wildman–Crippen MR) is 86.0 cm³/mol. The Balaban J connectivity index is 2.11. The third-order valence-electron chi connectivity index (χ3n) is 4.53. The van der Waals surface area contributed by atoms with E-state index in [2.05, 4.69) is 36.7 Å². The van der Waals surface area contributed by atoms with Crippen LogP contribution in [0.2, 0.25) is 0 Å². The number of pyridine rings is 1. The number of hydrogen-bond donors (Lipinski definition) is 1. The molecule has 0 aliphatic carbocycles. The molecule has 0 radical (unpaired) electrons. The van der Waals surface area contributed by atoms with Crippen LogP contribution in [0, 0.1) is 11.3 Å². The van der Waals surface area contributed by atoms with Crippen LogP contribution in [0.4, 0.5) is 5.82 Å². The van der Waals surface area contributed by atoms with Gasteiger partial charge in [0.05, 0.1) is 0 Å². The third-order valence-corrected chi connectivity index (χ3v) is 4.53. The average molecular weight is 275 g/mol. The Bertz CT molecular complexity index is 422. The first-order valence-corrected chi connectivity index (χ1v) is 7.91. The minimum Gasteiger partial charge on any atom is -0.356 e. The number of nitrogens with two attached hydrogens (primary N) is 1. The van der Waals surface area contributed by atoms with E-state index in [1.807, 2.05) is 12.3 Å². The van der Waals surface area contributed by atoms with Gasteiger partial charge in [-0.15, -0.1) is 0 Å². The molecule has 1 atom stereocenters. The second-order valence-electron chi connectivity index (χ2n) is 7.01. The van der Waals surface area contributed by atoms with Gasteiger partial charge in [0.2, 0.25) is 0 Å². The van der Waals surface area contributed by atoms with Crippen molar-refractivity contribution in [3.8, 4) is 0 Å². The highest BCUT2D eigenvalue weighted by atomic mass is 15.2. The Kier molecular flexibility index (Phi) is 5.03. The Morgan fingerprint density at radius 3 is 2.80 bits per heavy atom. The van der Waals surface area contributed by atoms with E-state index in [1.54, 1.807) is 0 Å². The standard InChI is InChI=1S/C17H29N3/c1-17(2,3)15-7-5-12-20(13-9-15)16-14(8-10-18)6-4-11-19-16/h4,6,11,15H,5,7-10,12-13,18H2,1-3H3. The molecule has 1 aromatic rings. The molecule has 1 aliphatic heterocycles. The maximum Gasteiger partial charge on any atom is 0.131 e. The van der Waals surface area contributed by atoms with Crippen LogP contribution in [0.3, 0.4) is 0 Å². The number of anilines is 1. The second kappa shape index (κ2) is 6.57. The van der Waals surface area contributed by atoms with Crippen molar-refractivity contribution in [1.82, 2.24) is 4.98 Å². The summed E-state index contributed by atoms with van der Waals surface area (Å²) in [5.74, 6) is 1.97. The Morgan fingerprint density at radius 1 is 1.30 bits per heavy atom. The van der Waals surface area contributed by atoms with Gasteiger partial charge in [-0.05, 0) is 55.2 Å². The summed E-state index contributed by atoms with van der Waals surface area (Å²) in [4.78, 5) is 7.09. The topological polar surface area (TPSA) is 42.2 Å². The first-order chi connectivity index (χ1) is 9.52. The molecule has 112 valence electrons. The lowest BCUT2D eigenvalue weighted by Gasteiger charge is -2.30. The zero-order valence-electron chi connectivity index (χ0n) is 13.2. The van der Waals surface area contributed by atoms with Crippen LogP contribution in [0.15, 0.2) is 18.3 Å². The molecule has 0 spiro atoms. The summed E-state index contributed by atoms with van der Waals surface area (Å²) in [6.45, 7) is 10.0. The summed E-state index contributed by atoms with van der Waals surface area (Å²) in [5.41, 5.74) is 7.44. The van der Waals surface area contributed by atoms with Crippen molar-refractivity contribution in [2.24, 2.45) is 17.1 Å². The third kappa shape index (κ3) is 3.72. The van der Waals surface area contributed by atoms with E-state index in [-0.39, 0.29) is 0 Å². The molecule has 1 unspecified atom stereocenters. The van der Waals surface area contributed by atoms with Crippen molar-refractivity contribution < 1.29 is 0 Å². The molecule has 3 heteroatoms. The van der Waals surface area contributed by atoms with E-state index < -0.39 is 0 Å². The van der Waals surface area contributed by atoms with E-state index in [9.17, 15) is 0 Å². The highest BCUT2D eigenvalue weighted by molar-refractivity contribution is 5.47. The second-order valence-corrected chi connectivity index (χ2v) is 7.01. The summed E-state index contributed by atoms with van der Waals surface area (Å²) in [6.07, 6.45) is 6.69. The van der Waals surface area contributed by atoms with Crippen molar-refractivity contribution in [1.29, 1.82) is 0 Å². The molecular weight excluding hydrogens is 246 g/mol. The molecule has 20 heavy (non-hydrogen) atoms. The smallest absolute Gasteiger partial charge is 0.131 e. The minimum absolute atomic E-state index is 0.417. The van der Waals surface area contributed by atoms with Gasteiger partial charge in [0.15, 0.2) is 0 Å². The maximum atomic E-state index is 5.72. The largest absolute Gasteiger partial charge is 0.356 e. The van der Waals surface area contributed by atoms with Crippen molar-refractivity contribution in [3.63, 3.8) is 0 Å². The molecule has 2 rings (SSSR count). The van der Waals surface area contributed by atoms with E-state index in [1.165, 1.54) is 24.8 Å². The summed E-state index contributed by atoms with van der Waals surface area (Å²) in [7, 11) is 0. The average Bonchev–Trinajstić information content (AvgIpc) is 2.65. The molecule has 0 saturated carbocycles. The molecule has 0 bridgehead atoms. The predicted octanol–water partition coefficient (Wildman–Crippen LogP) is 3.24. The van der Waals surface area contributed by atoms with Crippen LogP contribution in [-0.2, 0) is 6.42 Å². The lowest BCUT2D eigenvalue weighted by atomic mass is 9.77. The number of hydrogen-bond acceptors (Lipinski definition) is 3. The first-order valence-electron chi connectivity index (χ1n) is 7.91. The van der Waals surface area contributed by atoms with Gasteiger partial charge in [0, 0.05) is 19.3 Å². The van der Waals surface area contributed by atoms with E-state index in [0.29, 0.717) is 12.0 Å². The van der Waals surface area contributed by atoms with Gasteiger partial charge in [-0.3, -0.25) is 0 Å². The molecule has 2 N–H and O–H groups in total. The monoisotopic (exact) mass is 275 g/mol. The summed E-state index contributed by atoms with van der Waals surface area (Å²) >= 11 is 0. The van der Waals surface area contributed by atoms with Crippen LogP contribution in [0.5, 0.6) is 0 Å². The summed E-state index contributed by atoms with van der Waals surface area (Å²) in [5, 5.41) is 0. The van der Waals surface area contributed by atoms with Crippen LogP contribution in [0.1, 0.15) is 45.6 Å². The van der Waals surface area contributed by atoms with Gasteiger partial charge in [0.25, 0.3) is 0 Å². The Morgan fingerprint density at radius 2 is 2.10 bits per heavy atom. The van der Waals surface area contributed by atoms with Gasteiger partial charge < -0.3 is 10.6 Å². The van der Waals surface area contributed by atoms with Crippen LogP contribution < -0.4 is 10.6 Å². The molecule has 1 saturated heterocycles. The Hall–Kier alpha value is -1.09. The lowest BCUT2D eigenvalue weighted by Crippen LogP contribution is -2.28. The van der Waals surface area contributed by atoms with Crippen LogP contribution >= 0.6 is 0 Å². The molecule has 1 aromatic heterocycles. The highest BCUT2D eigenvalue weighted by Gasteiger charge is 2.27. The quantitative estimate of drug-likeness (QED) is 0.921. The van der Waals surface area contributed by atoms with Gasteiger partial charge in [-0.2, -0.15) is 0 Å². The number of rotatable bonds is 3. The summed E-state index contributed by atoms with van der Waals surface area (Å²) in [6, 6.07) is 4.19. The van der Waals surface area contributed by atoms with Gasteiger partial charge in [0.1, 0.15) is 5.82 Å². The molecule has 1 fully saturated rings. The normalized spacial score (nSPS) is 20.8. The molecule has 3 nitrogen and oxygen atoms in total. The fraction of sp³-hybridized carbons (Fsp3) is 0.706. The Labute approximate surface area is 123 Å². The van der Waals surface area contributed by atoms with Crippen molar-refractivity contribution in [2.75, 3.05) is 24.5 Å². The lowest BCUT2D eigenvalue weighted by molar-refractivity contribution is 0.220. The van der Waals surface area contributed by atoms with Gasteiger partial charge in [-0.25, -0.2) is 4.98 Å². The fourth-order valence-corrected chi connectivity index (χ4v) is 3.24. The molecule has 2 heterocycles. The maximum absolute atomic E-state index is 5.72. The minimum atomic E-state index is 0.417. The zero-order chi connectivity index (χ0) is 14.6.